The molecule has 1 aliphatic rings. The fourth-order valence-electron chi connectivity index (χ4n) is 2.94. The number of carbonyl (C=O) groups excluding carboxylic acids is 2. The molecule has 0 saturated carbocycles. The van der Waals surface area contributed by atoms with Crippen LogP contribution in [0.1, 0.15) is 30.2 Å². The molecule has 144 valence electrons. The van der Waals surface area contributed by atoms with Crippen LogP contribution in [-0.4, -0.2) is 41.0 Å². The Bertz CT molecular complexity index is 843. The summed E-state index contributed by atoms with van der Waals surface area (Å²) in [7, 11) is 0. The number of rotatable bonds is 5. The number of hydrogen-bond donors (Lipinski definition) is 2. The van der Waals surface area contributed by atoms with E-state index in [0.29, 0.717) is 36.6 Å². The molecule has 2 N–H and O–H groups in total. The number of thiazole rings is 1. The normalized spacial score (nSPS) is 16.4. The Balaban J connectivity index is 1.51. The highest BCUT2D eigenvalue weighted by molar-refractivity contribution is 7.15. The van der Waals surface area contributed by atoms with Gasteiger partial charge in [-0.1, -0.05) is 13.0 Å². The van der Waals surface area contributed by atoms with Gasteiger partial charge in [0, 0.05) is 43.0 Å². The zero-order valence-corrected chi connectivity index (χ0v) is 15.6. The minimum Gasteiger partial charge on any atom is -0.341 e. The number of nitrogens with zero attached hydrogens (tertiary/aromatic N) is 2. The van der Waals surface area contributed by atoms with E-state index in [1.54, 1.807) is 11.1 Å². The van der Waals surface area contributed by atoms with Crippen molar-refractivity contribution < 1.29 is 18.4 Å². The lowest BCUT2D eigenvalue weighted by molar-refractivity contribution is -0.129. The summed E-state index contributed by atoms with van der Waals surface area (Å²) in [6.07, 6.45) is 3.17. The van der Waals surface area contributed by atoms with Crippen molar-refractivity contribution in [1.82, 2.24) is 15.2 Å². The number of aromatic nitrogens is 1. The smallest absolute Gasteiger partial charge is 0.321 e. The van der Waals surface area contributed by atoms with Gasteiger partial charge in [0.15, 0.2) is 16.8 Å². The fourth-order valence-corrected chi connectivity index (χ4v) is 3.79. The maximum Gasteiger partial charge on any atom is 0.321 e. The van der Waals surface area contributed by atoms with Crippen LogP contribution in [0.5, 0.6) is 0 Å². The average Bonchev–Trinajstić information content (AvgIpc) is 3.27. The summed E-state index contributed by atoms with van der Waals surface area (Å²) in [5, 5.41) is 5.93. The lowest BCUT2D eigenvalue weighted by Gasteiger charge is -2.16. The summed E-state index contributed by atoms with van der Waals surface area (Å²) >= 11 is 1.27. The van der Waals surface area contributed by atoms with Crippen LogP contribution < -0.4 is 10.6 Å². The first kappa shape index (κ1) is 19.2. The molecule has 0 bridgehead atoms. The third kappa shape index (κ3) is 5.00. The Morgan fingerprint density at radius 2 is 2.15 bits per heavy atom. The molecule has 1 saturated heterocycles. The van der Waals surface area contributed by atoms with Crippen molar-refractivity contribution >= 4 is 28.4 Å². The lowest BCUT2D eigenvalue weighted by Crippen LogP contribution is -2.40. The van der Waals surface area contributed by atoms with E-state index in [1.807, 2.05) is 6.92 Å². The summed E-state index contributed by atoms with van der Waals surface area (Å²) < 4.78 is 26.3. The van der Waals surface area contributed by atoms with Gasteiger partial charge in [0.25, 0.3) is 0 Å². The number of likely N-dealkylation sites (tertiary alicyclic amines) is 1. The minimum absolute atomic E-state index is 0.0814. The second-order valence-electron chi connectivity index (χ2n) is 6.33. The highest BCUT2D eigenvalue weighted by Gasteiger charge is 2.26. The van der Waals surface area contributed by atoms with Crippen molar-refractivity contribution in [2.24, 2.45) is 0 Å². The minimum atomic E-state index is -0.887. The third-order valence-corrected chi connectivity index (χ3v) is 5.23. The van der Waals surface area contributed by atoms with E-state index in [4.69, 9.17) is 0 Å². The number of halogens is 2. The number of carbonyl (C=O) groups is 2. The van der Waals surface area contributed by atoms with Gasteiger partial charge in [0.2, 0.25) is 5.91 Å². The first-order valence-corrected chi connectivity index (χ1v) is 9.50. The van der Waals surface area contributed by atoms with Gasteiger partial charge in [-0.05, 0) is 24.1 Å². The first-order chi connectivity index (χ1) is 12.9. The highest BCUT2D eigenvalue weighted by atomic mass is 32.1. The van der Waals surface area contributed by atoms with E-state index in [2.05, 4.69) is 15.6 Å². The van der Waals surface area contributed by atoms with Crippen LogP contribution in [0.3, 0.4) is 0 Å². The van der Waals surface area contributed by atoms with Crippen molar-refractivity contribution in [3.8, 4) is 0 Å². The van der Waals surface area contributed by atoms with Gasteiger partial charge in [-0.2, -0.15) is 0 Å². The van der Waals surface area contributed by atoms with Crippen molar-refractivity contribution in [3.05, 3.63) is 46.5 Å². The second-order valence-corrected chi connectivity index (χ2v) is 7.45. The molecule has 1 aliphatic heterocycles. The van der Waals surface area contributed by atoms with E-state index in [0.717, 1.165) is 23.4 Å². The molecule has 3 amide bonds. The summed E-state index contributed by atoms with van der Waals surface area (Å²) in [5.74, 6) is -1.68. The summed E-state index contributed by atoms with van der Waals surface area (Å²) in [6.45, 7) is 2.97. The van der Waals surface area contributed by atoms with Gasteiger partial charge in [-0.15, -0.1) is 11.3 Å². The molecule has 2 heterocycles. The topological polar surface area (TPSA) is 74.3 Å². The van der Waals surface area contributed by atoms with Crippen LogP contribution in [0, 0.1) is 11.6 Å². The van der Waals surface area contributed by atoms with Crippen molar-refractivity contribution in [2.45, 2.75) is 32.2 Å². The Kier molecular flexibility index (Phi) is 6.00. The van der Waals surface area contributed by atoms with Gasteiger partial charge in [-0.3, -0.25) is 10.1 Å². The van der Waals surface area contributed by atoms with Crippen LogP contribution >= 0.6 is 11.3 Å². The summed E-state index contributed by atoms with van der Waals surface area (Å²) in [5.41, 5.74) is 0.625. The largest absolute Gasteiger partial charge is 0.341 e. The number of hydrogen-bond acceptors (Lipinski definition) is 4. The van der Waals surface area contributed by atoms with Gasteiger partial charge < -0.3 is 10.2 Å². The fraction of sp³-hybridized carbons (Fsp3) is 0.389. The number of urea groups is 1. The van der Waals surface area contributed by atoms with Gasteiger partial charge in [0.05, 0.1) is 0 Å². The van der Waals surface area contributed by atoms with Gasteiger partial charge in [0.1, 0.15) is 0 Å². The van der Waals surface area contributed by atoms with E-state index in [9.17, 15) is 18.4 Å². The summed E-state index contributed by atoms with van der Waals surface area (Å²) in [6, 6.07) is 3.30. The van der Waals surface area contributed by atoms with Gasteiger partial charge in [-0.25, -0.2) is 18.6 Å². The SMILES string of the molecule is CCC(=O)N1CC[C@H](NC(=O)Nc2ncc(Cc3ccc(F)c(F)c3)s2)C1. The Labute approximate surface area is 159 Å². The Hall–Kier alpha value is -2.55. The molecule has 1 aromatic carbocycles. The molecule has 1 aromatic heterocycles. The first-order valence-electron chi connectivity index (χ1n) is 8.68. The van der Waals surface area contributed by atoms with Crippen molar-refractivity contribution in [2.75, 3.05) is 18.4 Å². The molecule has 6 nitrogen and oxygen atoms in total. The standard InChI is InChI=1S/C18H20F2N4O2S/c1-2-16(25)24-6-5-12(10-24)22-17(26)23-18-21-9-13(27-18)7-11-3-4-14(19)15(20)8-11/h3-4,8-9,12H,2,5-7,10H2,1H3,(H2,21,22,23,26)/t12-/m0/s1. The predicted octanol–water partition coefficient (Wildman–Crippen LogP) is 3.14. The maximum atomic E-state index is 13.3. The van der Waals surface area contributed by atoms with Crippen LogP contribution in [0.2, 0.25) is 0 Å². The molecule has 0 unspecified atom stereocenters. The van der Waals surface area contributed by atoms with E-state index < -0.39 is 11.6 Å². The molecule has 3 rings (SSSR count). The van der Waals surface area contributed by atoms with E-state index >= 15 is 0 Å². The second kappa shape index (κ2) is 8.43. The highest BCUT2D eigenvalue weighted by Crippen LogP contribution is 2.22. The van der Waals surface area contributed by atoms with Gasteiger partial charge >= 0.3 is 6.03 Å². The number of amides is 3. The molecule has 2 aromatic rings. The van der Waals surface area contributed by atoms with E-state index in [-0.39, 0.29) is 18.0 Å². The molecule has 0 radical (unpaired) electrons. The average molecular weight is 394 g/mol. The molecule has 1 fully saturated rings. The summed E-state index contributed by atoms with van der Waals surface area (Å²) in [4.78, 5) is 30.5. The molecular weight excluding hydrogens is 374 g/mol. The zero-order chi connectivity index (χ0) is 19.4. The van der Waals surface area contributed by atoms with E-state index in [1.165, 1.54) is 17.4 Å². The van der Waals surface area contributed by atoms with Crippen molar-refractivity contribution in [1.29, 1.82) is 0 Å². The van der Waals surface area contributed by atoms with Crippen LogP contribution in [0.15, 0.2) is 24.4 Å². The maximum absolute atomic E-state index is 13.3. The van der Waals surface area contributed by atoms with Crippen LogP contribution in [-0.2, 0) is 11.2 Å². The number of nitrogens with one attached hydrogen (secondary N) is 2. The molecule has 9 heteroatoms. The van der Waals surface area contributed by atoms with Crippen molar-refractivity contribution in [3.63, 3.8) is 0 Å². The van der Waals surface area contributed by atoms with Crippen LogP contribution in [0.4, 0.5) is 18.7 Å². The number of anilines is 1. The third-order valence-electron chi connectivity index (χ3n) is 4.32. The quantitative estimate of drug-likeness (QED) is 0.818. The Morgan fingerprint density at radius 3 is 2.89 bits per heavy atom. The monoisotopic (exact) mass is 394 g/mol. The number of benzene rings is 1. The Morgan fingerprint density at radius 1 is 1.33 bits per heavy atom. The van der Waals surface area contributed by atoms with Crippen LogP contribution in [0.25, 0.3) is 0 Å². The lowest BCUT2D eigenvalue weighted by atomic mass is 10.1. The zero-order valence-electron chi connectivity index (χ0n) is 14.8. The predicted molar refractivity (Wildman–Crippen MR) is 98.7 cm³/mol. The molecular formula is C18H20F2N4O2S. The molecule has 0 aliphatic carbocycles. The molecule has 27 heavy (non-hydrogen) atoms. The molecule has 0 spiro atoms. The molecule has 1 atom stereocenters.